The molecule has 0 aliphatic heterocycles. The molecule has 2 aromatic rings. The van der Waals surface area contributed by atoms with Gasteiger partial charge >= 0.3 is 0 Å². The van der Waals surface area contributed by atoms with E-state index in [1.807, 2.05) is 36.4 Å². The molecule has 0 fully saturated rings. The van der Waals surface area contributed by atoms with E-state index in [1.54, 1.807) is 0 Å². The zero-order chi connectivity index (χ0) is 18.8. The Labute approximate surface area is 162 Å². The highest BCUT2D eigenvalue weighted by atomic mass is 79.9. The van der Waals surface area contributed by atoms with E-state index in [2.05, 4.69) is 56.1 Å². The van der Waals surface area contributed by atoms with E-state index in [0.717, 1.165) is 10.7 Å². The zero-order valence-electron chi connectivity index (χ0n) is 14.8. The smallest absolute Gasteiger partial charge is 0.126 e. The second kappa shape index (κ2) is 18.1. The van der Waals surface area contributed by atoms with E-state index in [9.17, 15) is 9.59 Å². The van der Waals surface area contributed by atoms with E-state index in [1.165, 1.54) is 38.8 Å². The normalized spacial score (nSPS) is 8.25. The fourth-order valence-electron chi connectivity index (χ4n) is 1.13. The molecular formula is C20H26Br2O2. The summed E-state index contributed by atoms with van der Waals surface area (Å²) in [5, 5.41) is 1.90. The lowest BCUT2D eigenvalue weighted by Gasteiger charge is -1.88. The van der Waals surface area contributed by atoms with Crippen molar-refractivity contribution in [3.63, 3.8) is 0 Å². The largest absolute Gasteiger partial charge is 0.300 e. The number of ketones is 2. The third-order valence-corrected chi connectivity index (χ3v) is 3.29. The molecule has 0 N–H and O–H groups in total. The van der Waals surface area contributed by atoms with Gasteiger partial charge in [0, 0.05) is 10.7 Å². The molecule has 0 bridgehead atoms. The minimum Gasteiger partial charge on any atom is -0.300 e. The molecule has 4 heteroatoms. The van der Waals surface area contributed by atoms with Crippen molar-refractivity contribution in [1.29, 1.82) is 0 Å². The summed E-state index contributed by atoms with van der Waals surface area (Å²) in [5.41, 5.74) is 2.65. The first-order valence-corrected chi connectivity index (χ1v) is 9.71. The van der Waals surface area contributed by atoms with E-state index in [0.29, 0.717) is 0 Å². The first-order valence-electron chi connectivity index (χ1n) is 7.47. The molecule has 0 spiro atoms. The lowest BCUT2D eigenvalue weighted by atomic mass is 10.2. The van der Waals surface area contributed by atoms with Crippen LogP contribution in [0.2, 0.25) is 0 Å². The minimum absolute atomic E-state index is 0.167. The molecule has 0 aliphatic carbocycles. The monoisotopic (exact) mass is 456 g/mol. The second-order valence-corrected chi connectivity index (χ2v) is 6.18. The van der Waals surface area contributed by atoms with Crippen LogP contribution in [0.15, 0.2) is 60.7 Å². The van der Waals surface area contributed by atoms with Crippen LogP contribution in [-0.2, 0) is 20.2 Å². The highest BCUT2D eigenvalue weighted by molar-refractivity contribution is 9.08. The number of hydrogen-bond acceptors (Lipinski definition) is 2. The Balaban J connectivity index is 0. The Bertz CT molecular complexity index is 481. The van der Waals surface area contributed by atoms with E-state index >= 15 is 0 Å². The van der Waals surface area contributed by atoms with Crippen LogP contribution < -0.4 is 0 Å². The van der Waals surface area contributed by atoms with Crippen LogP contribution in [0.4, 0.5) is 0 Å². The molecular weight excluding hydrogens is 432 g/mol. The summed E-state index contributed by atoms with van der Waals surface area (Å²) in [6, 6.07) is 20.6. The number of halogens is 2. The van der Waals surface area contributed by atoms with Crippen LogP contribution in [0.5, 0.6) is 0 Å². The van der Waals surface area contributed by atoms with Crippen molar-refractivity contribution in [3.8, 4) is 0 Å². The van der Waals surface area contributed by atoms with E-state index in [-0.39, 0.29) is 11.6 Å². The van der Waals surface area contributed by atoms with Crippen molar-refractivity contribution < 1.29 is 9.59 Å². The van der Waals surface area contributed by atoms with Gasteiger partial charge in [-0.05, 0) is 38.8 Å². The van der Waals surface area contributed by atoms with Gasteiger partial charge in [0.05, 0.1) is 0 Å². The average molecular weight is 458 g/mol. The van der Waals surface area contributed by atoms with Crippen molar-refractivity contribution in [1.82, 2.24) is 0 Å². The molecule has 0 radical (unpaired) electrons. The van der Waals surface area contributed by atoms with Crippen LogP contribution in [0.1, 0.15) is 38.8 Å². The van der Waals surface area contributed by atoms with Crippen molar-refractivity contribution in [2.75, 3.05) is 0 Å². The van der Waals surface area contributed by atoms with Crippen molar-refractivity contribution >= 4 is 43.4 Å². The molecule has 132 valence electrons. The Hall–Kier alpha value is -1.26. The fourth-order valence-corrected chi connectivity index (χ4v) is 1.88. The maximum atomic E-state index is 9.44. The Morgan fingerprint density at radius 3 is 0.958 bits per heavy atom. The van der Waals surface area contributed by atoms with Crippen molar-refractivity contribution in [2.24, 2.45) is 0 Å². The fraction of sp³-hybridized carbons (Fsp3) is 0.300. The number of alkyl halides is 2. The molecule has 24 heavy (non-hydrogen) atoms. The molecule has 0 saturated heterocycles. The maximum absolute atomic E-state index is 9.44. The topological polar surface area (TPSA) is 34.1 Å². The van der Waals surface area contributed by atoms with Crippen molar-refractivity contribution in [3.05, 3.63) is 71.8 Å². The summed E-state index contributed by atoms with van der Waals surface area (Å²) in [6.45, 7) is 6.11. The van der Waals surface area contributed by atoms with Gasteiger partial charge in [0.25, 0.3) is 0 Å². The molecule has 0 heterocycles. The lowest BCUT2D eigenvalue weighted by Crippen LogP contribution is -1.70. The predicted octanol–water partition coefficient (Wildman–Crippen LogP) is 6.35. The molecule has 0 aliphatic rings. The van der Waals surface area contributed by atoms with Crippen LogP contribution in [0.3, 0.4) is 0 Å². The summed E-state index contributed by atoms with van der Waals surface area (Å²) in [5.74, 6) is 0.333. The van der Waals surface area contributed by atoms with Gasteiger partial charge in [0.1, 0.15) is 11.6 Å². The zero-order valence-corrected chi connectivity index (χ0v) is 17.9. The standard InChI is InChI=1S/2C7H7Br.2C3H6O/c2*8-6-7-4-2-1-3-5-7;2*1-3(2)4/h2*1-5H,6H2;2*1-2H3. The Kier molecular flexibility index (Phi) is 18.8. The lowest BCUT2D eigenvalue weighted by molar-refractivity contribution is -0.115. The summed E-state index contributed by atoms with van der Waals surface area (Å²) in [6.07, 6.45) is 0. The summed E-state index contributed by atoms with van der Waals surface area (Å²) in [7, 11) is 0. The summed E-state index contributed by atoms with van der Waals surface area (Å²) >= 11 is 6.71. The van der Waals surface area contributed by atoms with Gasteiger partial charge in [0.2, 0.25) is 0 Å². The van der Waals surface area contributed by atoms with Gasteiger partial charge in [-0.1, -0.05) is 92.5 Å². The SMILES string of the molecule is BrCc1ccccc1.BrCc1ccccc1.CC(C)=O.CC(C)=O. The molecule has 0 aromatic heterocycles. The van der Waals surface area contributed by atoms with Crippen molar-refractivity contribution in [2.45, 2.75) is 38.4 Å². The number of carbonyl (C=O) groups is 2. The Morgan fingerprint density at radius 2 is 0.833 bits per heavy atom. The Morgan fingerprint density at radius 1 is 0.625 bits per heavy atom. The van der Waals surface area contributed by atoms with Gasteiger partial charge in [-0.3, -0.25) is 0 Å². The van der Waals surface area contributed by atoms with Gasteiger partial charge in [-0.25, -0.2) is 0 Å². The van der Waals surface area contributed by atoms with Gasteiger partial charge in [0.15, 0.2) is 0 Å². The minimum atomic E-state index is 0.167. The summed E-state index contributed by atoms with van der Waals surface area (Å²) < 4.78 is 0. The molecule has 2 nitrogen and oxygen atoms in total. The highest BCUT2D eigenvalue weighted by Gasteiger charge is 1.82. The third-order valence-electron chi connectivity index (χ3n) is 1.99. The van der Waals surface area contributed by atoms with E-state index < -0.39 is 0 Å². The number of rotatable bonds is 2. The second-order valence-electron chi connectivity index (χ2n) is 5.05. The number of carbonyl (C=O) groups excluding carboxylic acids is 2. The average Bonchev–Trinajstić information content (AvgIpc) is 2.56. The van der Waals surface area contributed by atoms with Gasteiger partial charge in [-0.2, -0.15) is 0 Å². The van der Waals surface area contributed by atoms with Crippen LogP contribution in [0, 0.1) is 0 Å². The van der Waals surface area contributed by atoms with Gasteiger partial charge in [-0.15, -0.1) is 0 Å². The summed E-state index contributed by atoms with van der Waals surface area (Å²) in [4.78, 5) is 18.9. The highest BCUT2D eigenvalue weighted by Crippen LogP contribution is 2.03. The van der Waals surface area contributed by atoms with E-state index in [4.69, 9.17) is 0 Å². The molecule has 0 amide bonds. The quantitative estimate of drug-likeness (QED) is 0.492. The molecule has 0 atom stereocenters. The number of benzene rings is 2. The predicted molar refractivity (Wildman–Crippen MR) is 111 cm³/mol. The van der Waals surface area contributed by atoms with Gasteiger partial charge < -0.3 is 9.59 Å². The maximum Gasteiger partial charge on any atom is 0.126 e. The molecule has 0 saturated carbocycles. The first-order chi connectivity index (χ1) is 11.3. The van der Waals surface area contributed by atoms with Crippen LogP contribution >= 0.6 is 31.9 Å². The molecule has 0 unspecified atom stereocenters. The molecule has 2 rings (SSSR count). The van der Waals surface area contributed by atoms with Crippen LogP contribution in [0.25, 0.3) is 0 Å². The van der Waals surface area contributed by atoms with Crippen LogP contribution in [-0.4, -0.2) is 11.6 Å². The molecule has 2 aromatic carbocycles. The first kappa shape index (κ1) is 25.0. The third kappa shape index (κ3) is 23.0. The number of hydrogen-bond donors (Lipinski definition) is 0. The number of Topliss-reactive ketones (excluding diaryl/α,β-unsaturated/α-hetero) is 2.